The van der Waals surface area contributed by atoms with Gasteiger partial charge in [-0.05, 0) is 37.9 Å². The molecular weight excluding hydrogens is 361 g/mol. The quantitative estimate of drug-likeness (QED) is 0.841. The van der Waals surface area contributed by atoms with Crippen LogP contribution in [0.1, 0.15) is 24.3 Å². The lowest BCUT2D eigenvalue weighted by molar-refractivity contribution is -0.134. The van der Waals surface area contributed by atoms with Crippen LogP contribution in [0.25, 0.3) is 0 Å². The van der Waals surface area contributed by atoms with E-state index in [9.17, 15) is 4.79 Å². The summed E-state index contributed by atoms with van der Waals surface area (Å²) in [7, 11) is 6.07. The average molecular weight is 392 g/mol. The minimum Gasteiger partial charge on any atom is -0.345 e. The van der Waals surface area contributed by atoms with Gasteiger partial charge in [0.05, 0.1) is 12.1 Å². The maximum Gasteiger partial charge on any atom is 0.227 e. The van der Waals surface area contributed by atoms with Gasteiger partial charge in [0.25, 0.3) is 0 Å². The molecular formula is C17H31Cl2N5O. The molecule has 1 aromatic rings. The number of carbonyl (C=O) groups is 1. The second-order valence-corrected chi connectivity index (χ2v) is 7.31. The molecule has 2 fully saturated rings. The summed E-state index contributed by atoms with van der Waals surface area (Å²) in [4.78, 5) is 17.3. The number of halogens is 2. The monoisotopic (exact) mass is 391 g/mol. The van der Waals surface area contributed by atoms with E-state index in [4.69, 9.17) is 0 Å². The highest BCUT2D eigenvalue weighted by atomic mass is 35.5. The third-order valence-electron chi connectivity index (χ3n) is 5.31. The molecule has 0 saturated carbocycles. The minimum absolute atomic E-state index is 0. The summed E-state index contributed by atoms with van der Waals surface area (Å²) in [6.07, 6.45) is 6.41. The molecule has 6 nitrogen and oxygen atoms in total. The van der Waals surface area contributed by atoms with Crippen LogP contribution in [0.3, 0.4) is 0 Å². The number of aryl methyl sites for hydroxylation is 1. The molecule has 3 rings (SSSR count). The molecule has 1 aromatic heterocycles. The zero-order chi connectivity index (χ0) is 16.4. The van der Waals surface area contributed by atoms with Crippen LogP contribution < -0.4 is 5.32 Å². The van der Waals surface area contributed by atoms with Crippen molar-refractivity contribution in [1.82, 2.24) is 24.9 Å². The zero-order valence-electron chi connectivity index (χ0n) is 15.4. The third kappa shape index (κ3) is 5.33. The van der Waals surface area contributed by atoms with E-state index in [2.05, 4.69) is 22.4 Å². The SMILES string of the molecule is CN1CCCC(CN(C)C(=O)[C@H]2CNC[C@@H]2c2cnn(C)c2)C1.Cl.Cl. The van der Waals surface area contributed by atoms with Crippen molar-refractivity contribution < 1.29 is 4.79 Å². The van der Waals surface area contributed by atoms with Crippen molar-refractivity contribution in [2.45, 2.75) is 18.8 Å². The predicted molar refractivity (Wildman–Crippen MR) is 105 cm³/mol. The Kier molecular flexibility index (Phi) is 8.68. The van der Waals surface area contributed by atoms with Crippen LogP contribution in [0.5, 0.6) is 0 Å². The highest BCUT2D eigenvalue weighted by Crippen LogP contribution is 2.29. The van der Waals surface area contributed by atoms with E-state index < -0.39 is 0 Å². The first-order chi connectivity index (χ1) is 11.0. The number of likely N-dealkylation sites (tertiary alicyclic amines) is 1. The maximum atomic E-state index is 12.9. The van der Waals surface area contributed by atoms with E-state index in [1.54, 1.807) is 0 Å². The summed E-state index contributed by atoms with van der Waals surface area (Å²) in [5, 5.41) is 7.64. The molecule has 0 spiro atoms. The number of rotatable bonds is 4. The molecule has 1 unspecified atom stereocenters. The molecule has 0 radical (unpaired) electrons. The fourth-order valence-corrected chi connectivity index (χ4v) is 4.10. The van der Waals surface area contributed by atoms with Crippen LogP contribution >= 0.6 is 24.8 Å². The molecule has 1 N–H and O–H groups in total. The van der Waals surface area contributed by atoms with Crippen molar-refractivity contribution in [1.29, 1.82) is 0 Å². The summed E-state index contributed by atoms with van der Waals surface area (Å²) >= 11 is 0. The Balaban J connectivity index is 0.00000156. The van der Waals surface area contributed by atoms with Crippen LogP contribution in [0, 0.1) is 11.8 Å². The average Bonchev–Trinajstić information content (AvgIpc) is 3.14. The van der Waals surface area contributed by atoms with Gasteiger partial charge in [-0.25, -0.2) is 0 Å². The van der Waals surface area contributed by atoms with Gasteiger partial charge in [-0.3, -0.25) is 9.48 Å². The second kappa shape index (κ2) is 9.76. The van der Waals surface area contributed by atoms with Gasteiger partial charge < -0.3 is 15.1 Å². The van der Waals surface area contributed by atoms with Crippen molar-refractivity contribution in [3.63, 3.8) is 0 Å². The fourth-order valence-electron chi connectivity index (χ4n) is 4.10. The fraction of sp³-hybridized carbons (Fsp3) is 0.765. The van der Waals surface area contributed by atoms with E-state index in [0.29, 0.717) is 5.92 Å². The largest absolute Gasteiger partial charge is 0.345 e. The number of piperidine rings is 1. The highest BCUT2D eigenvalue weighted by Gasteiger charge is 2.36. The van der Waals surface area contributed by atoms with Gasteiger partial charge in [0.1, 0.15) is 0 Å². The summed E-state index contributed by atoms with van der Waals surface area (Å²) in [5.41, 5.74) is 1.17. The molecule has 0 aromatic carbocycles. The topological polar surface area (TPSA) is 53.4 Å². The van der Waals surface area contributed by atoms with Crippen LogP contribution in [0.15, 0.2) is 12.4 Å². The van der Waals surface area contributed by atoms with Gasteiger partial charge in [0, 0.05) is 52.4 Å². The Labute approximate surface area is 163 Å². The van der Waals surface area contributed by atoms with Crippen molar-refractivity contribution >= 4 is 30.7 Å². The summed E-state index contributed by atoms with van der Waals surface area (Å²) in [5.74, 6) is 1.16. The van der Waals surface area contributed by atoms with Gasteiger partial charge in [-0.15, -0.1) is 24.8 Å². The molecule has 2 saturated heterocycles. The van der Waals surface area contributed by atoms with Crippen molar-refractivity contribution in [2.75, 3.05) is 46.8 Å². The lowest BCUT2D eigenvalue weighted by Crippen LogP contribution is -2.43. The second-order valence-electron chi connectivity index (χ2n) is 7.31. The Hall–Kier alpha value is -0.820. The third-order valence-corrected chi connectivity index (χ3v) is 5.31. The van der Waals surface area contributed by atoms with E-state index in [0.717, 1.165) is 26.2 Å². The number of hydrogen-bond donors (Lipinski definition) is 1. The normalized spacial score (nSPS) is 26.6. The van der Waals surface area contributed by atoms with E-state index in [1.807, 2.05) is 36.1 Å². The molecule has 0 bridgehead atoms. The van der Waals surface area contributed by atoms with Gasteiger partial charge in [0.15, 0.2) is 0 Å². The molecule has 8 heteroatoms. The Morgan fingerprint density at radius 1 is 1.36 bits per heavy atom. The number of hydrogen-bond acceptors (Lipinski definition) is 4. The molecule has 25 heavy (non-hydrogen) atoms. The molecule has 2 aliphatic rings. The lowest BCUT2D eigenvalue weighted by Gasteiger charge is -2.33. The van der Waals surface area contributed by atoms with Gasteiger partial charge in [-0.2, -0.15) is 5.10 Å². The van der Waals surface area contributed by atoms with Gasteiger partial charge in [-0.1, -0.05) is 0 Å². The van der Waals surface area contributed by atoms with Crippen molar-refractivity contribution in [3.05, 3.63) is 18.0 Å². The molecule has 2 aliphatic heterocycles. The van der Waals surface area contributed by atoms with Crippen LogP contribution in [-0.4, -0.2) is 72.3 Å². The van der Waals surface area contributed by atoms with Crippen LogP contribution in [0.2, 0.25) is 0 Å². The molecule has 3 heterocycles. The Morgan fingerprint density at radius 3 is 2.76 bits per heavy atom. The van der Waals surface area contributed by atoms with Crippen LogP contribution in [-0.2, 0) is 11.8 Å². The maximum absolute atomic E-state index is 12.9. The standard InChI is InChI=1S/C17H29N5O.2ClH/c1-20-6-4-5-13(10-20)11-21(2)17(23)16-9-18-8-15(16)14-7-19-22(3)12-14;;/h7,12-13,15-16,18H,4-6,8-11H2,1-3H3;2*1H/t13?,15-,16+;;/m1../s1. The first kappa shape index (κ1) is 22.2. The molecule has 144 valence electrons. The predicted octanol–water partition coefficient (Wildman–Crippen LogP) is 1.37. The number of carbonyl (C=O) groups excluding carboxylic acids is 1. The Bertz CT molecular complexity index is 553. The molecule has 1 amide bonds. The lowest BCUT2D eigenvalue weighted by atomic mass is 9.89. The van der Waals surface area contributed by atoms with Crippen molar-refractivity contribution in [3.8, 4) is 0 Å². The molecule has 3 atom stereocenters. The van der Waals surface area contributed by atoms with Gasteiger partial charge in [0.2, 0.25) is 5.91 Å². The number of nitrogens with zero attached hydrogens (tertiary/aromatic N) is 4. The first-order valence-corrected chi connectivity index (χ1v) is 8.67. The highest BCUT2D eigenvalue weighted by molar-refractivity contribution is 5.85. The number of nitrogens with one attached hydrogen (secondary N) is 1. The van der Waals surface area contributed by atoms with Gasteiger partial charge >= 0.3 is 0 Å². The first-order valence-electron chi connectivity index (χ1n) is 8.67. The summed E-state index contributed by atoms with van der Waals surface area (Å²) < 4.78 is 1.82. The summed E-state index contributed by atoms with van der Waals surface area (Å²) in [6.45, 7) is 4.80. The minimum atomic E-state index is 0. The zero-order valence-corrected chi connectivity index (χ0v) is 17.0. The van der Waals surface area contributed by atoms with E-state index in [1.165, 1.54) is 24.9 Å². The smallest absolute Gasteiger partial charge is 0.227 e. The molecule has 0 aliphatic carbocycles. The Morgan fingerprint density at radius 2 is 2.12 bits per heavy atom. The van der Waals surface area contributed by atoms with E-state index >= 15 is 0 Å². The number of amides is 1. The van der Waals surface area contributed by atoms with Crippen LogP contribution in [0.4, 0.5) is 0 Å². The summed E-state index contributed by atoms with van der Waals surface area (Å²) in [6, 6.07) is 0. The van der Waals surface area contributed by atoms with E-state index in [-0.39, 0.29) is 42.6 Å². The van der Waals surface area contributed by atoms with Crippen molar-refractivity contribution in [2.24, 2.45) is 18.9 Å². The number of aromatic nitrogens is 2.